The number of benzene rings is 1. The van der Waals surface area contributed by atoms with E-state index in [1.165, 1.54) is 31.2 Å². The average molecular weight is 289 g/mol. The second kappa shape index (κ2) is 6.21. The Balaban J connectivity index is 1.45. The van der Waals surface area contributed by atoms with Gasteiger partial charge < -0.3 is 5.32 Å². The summed E-state index contributed by atoms with van der Waals surface area (Å²) in [5.41, 5.74) is 1.29. The predicted molar refractivity (Wildman–Crippen MR) is 84.6 cm³/mol. The Morgan fingerprint density at radius 2 is 2.10 bits per heavy atom. The third-order valence-corrected chi connectivity index (χ3v) is 5.99. The van der Waals surface area contributed by atoms with Crippen LogP contribution in [0, 0.1) is 11.8 Å². The highest BCUT2D eigenvalue weighted by molar-refractivity contribution is 7.99. The summed E-state index contributed by atoms with van der Waals surface area (Å²) >= 11 is 1.73. The maximum atomic E-state index is 12.3. The van der Waals surface area contributed by atoms with Crippen molar-refractivity contribution in [2.24, 2.45) is 11.8 Å². The summed E-state index contributed by atoms with van der Waals surface area (Å²) in [5, 5.41) is 3.32. The van der Waals surface area contributed by atoms with Crippen molar-refractivity contribution in [2.45, 2.75) is 49.7 Å². The molecule has 0 aromatic heterocycles. The quantitative estimate of drug-likeness (QED) is 0.897. The fourth-order valence-electron chi connectivity index (χ4n) is 3.59. The number of carbonyl (C=O) groups excluding carboxylic acids is 1. The molecule has 0 unspecified atom stereocenters. The van der Waals surface area contributed by atoms with Crippen molar-refractivity contribution in [3.8, 4) is 0 Å². The molecule has 4 atom stereocenters. The summed E-state index contributed by atoms with van der Waals surface area (Å²) in [4.78, 5) is 12.3. The summed E-state index contributed by atoms with van der Waals surface area (Å²) in [5.74, 6) is 2.78. The van der Waals surface area contributed by atoms with Gasteiger partial charge in [-0.05, 0) is 43.6 Å². The largest absolute Gasteiger partial charge is 0.352 e. The van der Waals surface area contributed by atoms with Gasteiger partial charge in [-0.2, -0.15) is 0 Å². The molecule has 1 aromatic rings. The van der Waals surface area contributed by atoms with Gasteiger partial charge in [-0.15, -0.1) is 11.8 Å². The van der Waals surface area contributed by atoms with Crippen molar-refractivity contribution < 1.29 is 4.79 Å². The molecule has 0 aliphatic heterocycles. The Hall–Kier alpha value is -0.960. The lowest BCUT2D eigenvalue weighted by atomic mass is 9.95. The molecule has 2 saturated carbocycles. The Morgan fingerprint density at radius 1 is 1.30 bits per heavy atom. The van der Waals surface area contributed by atoms with Gasteiger partial charge >= 0.3 is 0 Å². The van der Waals surface area contributed by atoms with Crippen LogP contribution in [0.25, 0.3) is 0 Å². The first-order valence-corrected chi connectivity index (χ1v) is 8.73. The minimum Gasteiger partial charge on any atom is -0.352 e. The van der Waals surface area contributed by atoms with E-state index in [4.69, 9.17) is 0 Å². The molecular weight excluding hydrogens is 266 g/mol. The van der Waals surface area contributed by atoms with Crippen molar-refractivity contribution in [1.29, 1.82) is 0 Å². The summed E-state index contributed by atoms with van der Waals surface area (Å²) in [6.07, 6.45) is 5.26. The maximum Gasteiger partial charge on any atom is 0.233 e. The standard InChI is InChI=1S/C17H23NOS/c1-12(20-11-13-5-3-2-4-6-13)17(19)18-16-10-14-7-8-15(16)9-14/h2-6,12,14-16H,7-11H2,1H3,(H,18,19)/t12-,14-,15-,16+/m0/s1. The van der Waals surface area contributed by atoms with Crippen LogP contribution in [-0.2, 0) is 10.5 Å². The van der Waals surface area contributed by atoms with Crippen LogP contribution in [0.1, 0.15) is 38.2 Å². The molecule has 2 aliphatic carbocycles. The van der Waals surface area contributed by atoms with Gasteiger partial charge in [-0.25, -0.2) is 0 Å². The normalized spacial score (nSPS) is 29.4. The first-order valence-electron chi connectivity index (χ1n) is 7.68. The van der Waals surface area contributed by atoms with E-state index in [1.54, 1.807) is 11.8 Å². The van der Waals surface area contributed by atoms with E-state index in [0.717, 1.165) is 17.6 Å². The van der Waals surface area contributed by atoms with Gasteiger partial charge in [0.1, 0.15) is 0 Å². The summed E-state index contributed by atoms with van der Waals surface area (Å²) in [7, 11) is 0. The Labute approximate surface area is 125 Å². The number of nitrogens with one attached hydrogen (secondary N) is 1. The average Bonchev–Trinajstić information content (AvgIpc) is 3.08. The number of rotatable bonds is 5. The van der Waals surface area contributed by atoms with Gasteiger partial charge in [0.2, 0.25) is 5.91 Å². The maximum absolute atomic E-state index is 12.3. The van der Waals surface area contributed by atoms with Gasteiger partial charge in [0, 0.05) is 11.8 Å². The first-order chi connectivity index (χ1) is 9.72. The monoisotopic (exact) mass is 289 g/mol. The number of carbonyl (C=O) groups is 1. The van der Waals surface area contributed by atoms with Crippen molar-refractivity contribution in [3.63, 3.8) is 0 Å². The van der Waals surface area contributed by atoms with Crippen LogP contribution in [0.5, 0.6) is 0 Å². The molecule has 0 heterocycles. The molecule has 1 N–H and O–H groups in total. The highest BCUT2D eigenvalue weighted by atomic mass is 32.2. The van der Waals surface area contributed by atoms with Crippen molar-refractivity contribution in [1.82, 2.24) is 5.32 Å². The van der Waals surface area contributed by atoms with E-state index in [2.05, 4.69) is 29.6 Å². The van der Waals surface area contributed by atoms with Gasteiger partial charge in [0.05, 0.1) is 5.25 Å². The summed E-state index contributed by atoms with van der Waals surface area (Å²) in [6, 6.07) is 10.8. The van der Waals surface area contributed by atoms with E-state index < -0.39 is 0 Å². The van der Waals surface area contributed by atoms with Gasteiger partial charge in [0.15, 0.2) is 0 Å². The van der Waals surface area contributed by atoms with Crippen molar-refractivity contribution in [3.05, 3.63) is 35.9 Å². The minimum absolute atomic E-state index is 0.0364. The number of hydrogen-bond donors (Lipinski definition) is 1. The zero-order chi connectivity index (χ0) is 13.9. The van der Waals surface area contributed by atoms with Crippen LogP contribution in [0.2, 0.25) is 0 Å². The van der Waals surface area contributed by atoms with Crippen molar-refractivity contribution >= 4 is 17.7 Å². The predicted octanol–water partition coefficient (Wildman–Crippen LogP) is 3.61. The van der Waals surface area contributed by atoms with Gasteiger partial charge in [0.25, 0.3) is 0 Å². The fourth-order valence-corrected chi connectivity index (χ4v) is 4.45. The Morgan fingerprint density at radius 3 is 2.75 bits per heavy atom. The van der Waals surface area contributed by atoms with Crippen LogP contribution in [0.3, 0.4) is 0 Å². The number of hydrogen-bond acceptors (Lipinski definition) is 2. The SMILES string of the molecule is C[C@H](SCc1ccccc1)C(=O)N[C@@H]1C[C@H]2CC[C@H]1C2. The van der Waals surface area contributed by atoms with Gasteiger partial charge in [-0.3, -0.25) is 4.79 Å². The molecular formula is C17H23NOS. The lowest BCUT2D eigenvalue weighted by Gasteiger charge is -2.24. The van der Waals surface area contributed by atoms with Crippen LogP contribution in [-0.4, -0.2) is 17.2 Å². The second-order valence-corrected chi connectivity index (χ2v) is 7.56. The van der Waals surface area contributed by atoms with Crippen molar-refractivity contribution in [2.75, 3.05) is 0 Å². The molecule has 2 nitrogen and oxygen atoms in total. The molecule has 2 bridgehead atoms. The zero-order valence-electron chi connectivity index (χ0n) is 12.0. The molecule has 0 saturated heterocycles. The Kier molecular flexibility index (Phi) is 4.35. The van der Waals surface area contributed by atoms with Gasteiger partial charge in [-0.1, -0.05) is 36.8 Å². The van der Waals surface area contributed by atoms with Crippen LogP contribution >= 0.6 is 11.8 Å². The molecule has 0 radical (unpaired) electrons. The molecule has 3 rings (SSSR count). The van der Waals surface area contributed by atoms with E-state index in [-0.39, 0.29) is 11.2 Å². The molecule has 0 spiro atoms. The Bertz CT molecular complexity index is 461. The van der Waals surface area contributed by atoms with Crippen LogP contribution in [0.4, 0.5) is 0 Å². The zero-order valence-corrected chi connectivity index (χ0v) is 12.9. The molecule has 20 heavy (non-hydrogen) atoms. The third kappa shape index (κ3) is 3.20. The third-order valence-electron chi connectivity index (χ3n) is 4.78. The highest BCUT2D eigenvalue weighted by Gasteiger charge is 2.40. The fraction of sp³-hybridized carbons (Fsp3) is 0.588. The van der Waals surface area contributed by atoms with E-state index in [1.807, 2.05) is 13.0 Å². The first kappa shape index (κ1) is 14.0. The van der Waals surface area contributed by atoms with Crippen LogP contribution in [0.15, 0.2) is 30.3 Å². The molecule has 3 heteroatoms. The topological polar surface area (TPSA) is 29.1 Å². The molecule has 2 fully saturated rings. The minimum atomic E-state index is 0.0364. The highest BCUT2D eigenvalue weighted by Crippen LogP contribution is 2.44. The number of fused-ring (bicyclic) bond motifs is 2. The van der Waals surface area contributed by atoms with E-state index in [0.29, 0.717) is 6.04 Å². The smallest absolute Gasteiger partial charge is 0.233 e. The lowest BCUT2D eigenvalue weighted by Crippen LogP contribution is -2.42. The molecule has 108 valence electrons. The lowest BCUT2D eigenvalue weighted by molar-refractivity contribution is -0.121. The molecule has 1 aromatic carbocycles. The van der Waals surface area contributed by atoms with Crippen LogP contribution < -0.4 is 5.32 Å². The summed E-state index contributed by atoms with van der Waals surface area (Å²) in [6.45, 7) is 2.02. The van der Waals surface area contributed by atoms with E-state index in [9.17, 15) is 4.79 Å². The number of amides is 1. The molecule has 2 aliphatic rings. The second-order valence-electron chi connectivity index (χ2n) is 6.23. The summed E-state index contributed by atoms with van der Waals surface area (Å²) < 4.78 is 0. The number of thioether (sulfide) groups is 1. The van der Waals surface area contributed by atoms with E-state index >= 15 is 0 Å². The molecule has 1 amide bonds.